The molecular formula is C33H43N5O11. The predicted molar refractivity (Wildman–Crippen MR) is 175 cm³/mol. The molecule has 4 rings (SSSR count). The van der Waals surface area contributed by atoms with E-state index < -0.39 is 70.7 Å². The highest BCUT2D eigenvalue weighted by molar-refractivity contribution is 5.94. The lowest BCUT2D eigenvalue weighted by atomic mass is 9.99. The van der Waals surface area contributed by atoms with Gasteiger partial charge in [-0.2, -0.15) is 0 Å². The fraction of sp³-hybridized carbons (Fsp3) is 0.485. The molecule has 0 radical (unpaired) electrons. The minimum atomic E-state index is -1.38. The van der Waals surface area contributed by atoms with E-state index >= 15 is 0 Å². The van der Waals surface area contributed by atoms with E-state index in [0.29, 0.717) is 5.56 Å². The molecule has 0 saturated heterocycles. The first-order chi connectivity index (χ1) is 23.0. The molecule has 3 atom stereocenters. The van der Waals surface area contributed by atoms with E-state index in [9.17, 15) is 34.1 Å². The summed E-state index contributed by atoms with van der Waals surface area (Å²) in [6.07, 6.45) is -1.01. The molecule has 2 aliphatic rings. The number of carbonyl (C=O) groups is 5. The number of nitrogens with one attached hydrogen (secondary N) is 4. The molecule has 2 heterocycles. The Morgan fingerprint density at radius 2 is 1.71 bits per heavy atom. The molecule has 0 fully saturated rings. The third kappa shape index (κ3) is 11.4. The molecule has 4 amide bonds. The lowest BCUT2D eigenvalue weighted by Crippen LogP contribution is -2.58. The van der Waals surface area contributed by atoms with Crippen LogP contribution in [0.15, 0.2) is 36.4 Å². The van der Waals surface area contributed by atoms with Crippen LogP contribution in [0.2, 0.25) is 0 Å². The van der Waals surface area contributed by atoms with E-state index in [1.54, 1.807) is 26.8 Å². The molecule has 266 valence electrons. The van der Waals surface area contributed by atoms with Crippen LogP contribution in [-0.2, 0) is 41.5 Å². The summed E-state index contributed by atoms with van der Waals surface area (Å²) in [6, 6.07) is 5.00. The highest BCUT2D eigenvalue weighted by atomic mass is 16.6. The first kappa shape index (κ1) is 38.0. The Hall–Kier alpha value is -5.41. The molecule has 0 aromatic heterocycles. The van der Waals surface area contributed by atoms with E-state index in [2.05, 4.69) is 26.0 Å². The molecule has 16 heteroatoms. The average Bonchev–Trinajstić information content (AvgIpc) is 3.01. The number of nitro groups is 1. The van der Waals surface area contributed by atoms with Gasteiger partial charge in [0.15, 0.2) is 11.5 Å². The zero-order chi connectivity index (χ0) is 36.5. The van der Waals surface area contributed by atoms with E-state index in [4.69, 9.17) is 14.2 Å². The van der Waals surface area contributed by atoms with Gasteiger partial charge in [-0.15, -0.1) is 0 Å². The molecule has 16 nitrogen and oxygen atoms in total. The van der Waals surface area contributed by atoms with Gasteiger partial charge in [-0.05, 0) is 62.4 Å². The summed E-state index contributed by atoms with van der Waals surface area (Å²) >= 11 is 0. The molecule has 0 aliphatic carbocycles. The summed E-state index contributed by atoms with van der Waals surface area (Å²) in [7, 11) is 2.55. The molecular weight excluding hydrogens is 642 g/mol. The standard InChI is InChI=1S/C33H43N5O11/c1-18(2)12-21(37-32(43)49-33(3,4)5)30(41)36-23-13-19-8-10-25(24(15-19)38(44)45)48-27-16-20(9-11-26(27)46-6)14-22(35-31(23)42)29(40)34-17-28(39)47-7/h8-11,15-16,18,21-23H,12-14,17H2,1-7H3,(H,34,40)(H,35,42)(H,36,41)(H,37,43)/t21-,22+,23-/m1/s1. The molecule has 2 aromatic rings. The fourth-order valence-electron chi connectivity index (χ4n) is 4.91. The summed E-state index contributed by atoms with van der Waals surface area (Å²) in [6.45, 7) is 8.23. The van der Waals surface area contributed by atoms with Gasteiger partial charge in [0.25, 0.3) is 0 Å². The second-order valence-corrected chi connectivity index (χ2v) is 12.8. The molecule has 0 saturated carbocycles. The van der Waals surface area contributed by atoms with E-state index in [1.165, 1.54) is 37.4 Å². The third-order valence-electron chi connectivity index (χ3n) is 7.16. The highest BCUT2D eigenvalue weighted by Crippen LogP contribution is 2.38. The zero-order valence-electron chi connectivity index (χ0n) is 28.5. The zero-order valence-corrected chi connectivity index (χ0v) is 28.5. The van der Waals surface area contributed by atoms with Gasteiger partial charge in [0.2, 0.25) is 23.5 Å². The van der Waals surface area contributed by atoms with Gasteiger partial charge in [-0.3, -0.25) is 29.3 Å². The number of amides is 4. The average molecular weight is 686 g/mol. The monoisotopic (exact) mass is 685 g/mol. The third-order valence-corrected chi connectivity index (χ3v) is 7.16. The Bertz CT molecular complexity index is 1570. The van der Waals surface area contributed by atoms with Crippen molar-refractivity contribution in [2.24, 2.45) is 5.92 Å². The van der Waals surface area contributed by atoms with Crippen LogP contribution in [0.4, 0.5) is 10.5 Å². The van der Waals surface area contributed by atoms with Crippen molar-refractivity contribution in [2.45, 2.75) is 77.6 Å². The van der Waals surface area contributed by atoms with Gasteiger partial charge in [0, 0.05) is 18.9 Å². The Kier molecular flexibility index (Phi) is 12.9. The molecule has 2 aliphatic heterocycles. The van der Waals surface area contributed by atoms with Crippen LogP contribution in [0.3, 0.4) is 0 Å². The lowest BCUT2D eigenvalue weighted by molar-refractivity contribution is -0.385. The summed E-state index contributed by atoms with van der Waals surface area (Å²) in [5.74, 6) is -2.77. The number of methoxy groups -OCH3 is 2. The van der Waals surface area contributed by atoms with Gasteiger partial charge in [-0.25, -0.2) is 4.79 Å². The number of ether oxygens (including phenoxy) is 4. The van der Waals surface area contributed by atoms with Crippen molar-refractivity contribution in [2.75, 3.05) is 20.8 Å². The molecule has 0 unspecified atom stereocenters. The van der Waals surface area contributed by atoms with Crippen LogP contribution in [0.5, 0.6) is 17.2 Å². The maximum absolute atomic E-state index is 13.9. The molecule has 4 bridgehead atoms. The van der Waals surface area contributed by atoms with Gasteiger partial charge < -0.3 is 40.2 Å². The van der Waals surface area contributed by atoms with Crippen molar-refractivity contribution < 1.29 is 47.8 Å². The molecule has 0 spiro atoms. The SMILES string of the molecule is COC(=O)CNC(=O)[C@@H]1Cc2ccc(OC)c(c2)Oc2ccc(cc2[N+](=O)[O-])C[C@@H](NC(=O)[C@@H](CC(C)C)NC(=O)OC(C)(C)C)C(=O)N1. The minimum absolute atomic E-state index is 0.0593. The first-order valence-electron chi connectivity index (χ1n) is 15.6. The van der Waals surface area contributed by atoms with Crippen molar-refractivity contribution in [3.8, 4) is 17.2 Å². The quantitative estimate of drug-likeness (QED) is 0.162. The maximum Gasteiger partial charge on any atom is 0.408 e. The largest absolute Gasteiger partial charge is 0.493 e. The van der Waals surface area contributed by atoms with Crippen molar-refractivity contribution in [1.82, 2.24) is 21.3 Å². The predicted octanol–water partition coefficient (Wildman–Crippen LogP) is 2.69. The summed E-state index contributed by atoms with van der Waals surface area (Å²) in [5.41, 5.74) is -0.502. The van der Waals surface area contributed by atoms with Crippen LogP contribution in [0.25, 0.3) is 0 Å². The van der Waals surface area contributed by atoms with Crippen molar-refractivity contribution >= 4 is 35.5 Å². The number of nitrogens with zero attached hydrogens (tertiary/aromatic N) is 1. The Labute approximate surface area is 283 Å². The number of carbonyl (C=O) groups excluding carboxylic acids is 5. The van der Waals surface area contributed by atoms with E-state index in [1.807, 2.05) is 13.8 Å². The Balaban J connectivity index is 2.07. The summed E-state index contributed by atoms with van der Waals surface area (Å²) in [4.78, 5) is 76.8. The summed E-state index contributed by atoms with van der Waals surface area (Å²) in [5, 5.41) is 22.4. The second kappa shape index (κ2) is 16.6. The van der Waals surface area contributed by atoms with Crippen LogP contribution in [-0.4, -0.2) is 79.2 Å². The van der Waals surface area contributed by atoms with Crippen LogP contribution in [0, 0.1) is 16.0 Å². The van der Waals surface area contributed by atoms with E-state index in [0.717, 1.165) is 7.11 Å². The number of nitro benzene ring substituents is 1. The topological polar surface area (TPSA) is 214 Å². The van der Waals surface area contributed by atoms with E-state index in [-0.39, 0.29) is 48.0 Å². The number of alkyl carbamates (subject to hydrolysis) is 1. The molecule has 2 aromatic carbocycles. The van der Waals surface area contributed by atoms with Crippen LogP contribution < -0.4 is 30.7 Å². The minimum Gasteiger partial charge on any atom is -0.493 e. The normalized spacial score (nSPS) is 16.6. The first-order valence-corrected chi connectivity index (χ1v) is 15.6. The highest BCUT2D eigenvalue weighted by Gasteiger charge is 2.33. The van der Waals surface area contributed by atoms with Crippen LogP contribution in [0.1, 0.15) is 52.2 Å². The lowest BCUT2D eigenvalue weighted by Gasteiger charge is -2.27. The van der Waals surface area contributed by atoms with Gasteiger partial charge >= 0.3 is 17.7 Å². The number of fused-ring (bicyclic) bond motifs is 7. The smallest absolute Gasteiger partial charge is 0.408 e. The number of esters is 1. The van der Waals surface area contributed by atoms with Crippen molar-refractivity contribution in [3.05, 3.63) is 57.6 Å². The number of benzene rings is 2. The summed E-state index contributed by atoms with van der Waals surface area (Å²) < 4.78 is 21.2. The number of hydrogen-bond acceptors (Lipinski definition) is 11. The molecule has 49 heavy (non-hydrogen) atoms. The van der Waals surface area contributed by atoms with Crippen molar-refractivity contribution in [1.29, 1.82) is 0 Å². The maximum atomic E-state index is 13.9. The molecule has 4 N–H and O–H groups in total. The number of hydrogen-bond donors (Lipinski definition) is 4. The number of rotatable bonds is 10. The fourth-order valence-corrected chi connectivity index (χ4v) is 4.91. The second-order valence-electron chi connectivity index (χ2n) is 12.8. The Morgan fingerprint density at radius 3 is 2.33 bits per heavy atom. The van der Waals surface area contributed by atoms with Gasteiger partial charge in [0.05, 0.1) is 19.1 Å². The van der Waals surface area contributed by atoms with Crippen LogP contribution >= 0.6 is 0 Å². The van der Waals surface area contributed by atoms with Crippen molar-refractivity contribution in [3.63, 3.8) is 0 Å². The van der Waals surface area contributed by atoms with Gasteiger partial charge in [-0.1, -0.05) is 26.0 Å². The van der Waals surface area contributed by atoms with Gasteiger partial charge in [0.1, 0.15) is 30.3 Å². The Morgan fingerprint density at radius 1 is 1.04 bits per heavy atom.